The van der Waals surface area contributed by atoms with Crippen LogP contribution in [-0.4, -0.2) is 54.8 Å². The third-order valence-electron chi connectivity index (χ3n) is 6.11. The Morgan fingerprint density at radius 3 is 2.27 bits per heavy atom. The van der Waals surface area contributed by atoms with Crippen LogP contribution in [0.3, 0.4) is 0 Å². The third-order valence-corrected chi connectivity index (χ3v) is 6.11. The van der Waals surface area contributed by atoms with E-state index in [-0.39, 0.29) is 42.5 Å². The molecular weight excluding hydrogens is 405 g/mol. The zero-order valence-electron chi connectivity index (χ0n) is 17.5. The van der Waals surface area contributed by atoms with Crippen molar-refractivity contribution in [2.45, 2.75) is 26.3 Å². The largest absolute Gasteiger partial charge is 0.340 e. The molecule has 5 nitrogen and oxygen atoms in total. The minimum atomic E-state index is -0.380. The van der Waals surface area contributed by atoms with Crippen molar-refractivity contribution in [2.75, 3.05) is 38.1 Å². The van der Waals surface area contributed by atoms with Crippen LogP contribution >= 0.6 is 12.4 Å². The Morgan fingerprint density at radius 2 is 1.63 bits per heavy atom. The van der Waals surface area contributed by atoms with Gasteiger partial charge in [0.15, 0.2) is 0 Å². The lowest BCUT2D eigenvalue weighted by molar-refractivity contribution is -0.133. The Hall–Kier alpha value is -2.44. The molecule has 2 aromatic rings. The molecule has 1 saturated heterocycles. The fraction of sp³-hybridized carbons (Fsp3) is 0.391. The van der Waals surface area contributed by atoms with Crippen LogP contribution in [0.5, 0.6) is 0 Å². The molecule has 0 N–H and O–H groups in total. The summed E-state index contributed by atoms with van der Waals surface area (Å²) in [5.41, 5.74) is 4.26. The van der Waals surface area contributed by atoms with Crippen molar-refractivity contribution in [1.82, 2.24) is 9.80 Å². The van der Waals surface area contributed by atoms with Gasteiger partial charge in [0.05, 0.1) is 12.5 Å². The monoisotopic (exact) mass is 431 g/mol. The van der Waals surface area contributed by atoms with Crippen molar-refractivity contribution in [3.8, 4) is 0 Å². The van der Waals surface area contributed by atoms with E-state index in [2.05, 4.69) is 11.9 Å². The Morgan fingerprint density at radius 1 is 1.03 bits per heavy atom. The van der Waals surface area contributed by atoms with Crippen molar-refractivity contribution in [3.63, 3.8) is 0 Å². The molecule has 2 aromatic carbocycles. The lowest BCUT2D eigenvalue weighted by atomic mass is 9.96. The average molecular weight is 432 g/mol. The van der Waals surface area contributed by atoms with Gasteiger partial charge in [0.1, 0.15) is 5.82 Å². The van der Waals surface area contributed by atoms with Gasteiger partial charge < -0.3 is 14.7 Å². The summed E-state index contributed by atoms with van der Waals surface area (Å²) < 4.78 is 13.5. The highest BCUT2D eigenvalue weighted by Gasteiger charge is 2.40. The van der Waals surface area contributed by atoms with E-state index in [1.807, 2.05) is 30.9 Å². The van der Waals surface area contributed by atoms with Crippen molar-refractivity contribution in [1.29, 1.82) is 0 Å². The predicted molar refractivity (Wildman–Crippen MR) is 118 cm³/mol. The lowest BCUT2D eigenvalue weighted by Crippen LogP contribution is -2.47. The number of halogens is 2. The van der Waals surface area contributed by atoms with E-state index < -0.39 is 0 Å². The Bertz CT molecular complexity index is 956. The summed E-state index contributed by atoms with van der Waals surface area (Å²) in [7, 11) is 2.05. The van der Waals surface area contributed by atoms with E-state index in [0.29, 0.717) is 24.3 Å². The first-order chi connectivity index (χ1) is 13.8. The van der Waals surface area contributed by atoms with Crippen LogP contribution in [-0.2, 0) is 4.79 Å². The zero-order chi connectivity index (χ0) is 20.7. The molecule has 1 unspecified atom stereocenters. The van der Waals surface area contributed by atoms with Crippen LogP contribution in [0.15, 0.2) is 36.4 Å². The summed E-state index contributed by atoms with van der Waals surface area (Å²) in [5, 5.41) is 0. The molecule has 1 atom stereocenters. The van der Waals surface area contributed by atoms with E-state index >= 15 is 0 Å². The first kappa shape index (κ1) is 22.2. The highest BCUT2D eigenvalue weighted by Crippen LogP contribution is 2.41. The molecule has 0 bridgehead atoms. The molecule has 1 fully saturated rings. The number of rotatable bonds is 3. The molecule has 0 aliphatic carbocycles. The predicted octanol–water partition coefficient (Wildman–Crippen LogP) is 3.73. The van der Waals surface area contributed by atoms with Gasteiger partial charge in [-0.05, 0) is 67.9 Å². The number of aryl methyl sites for hydroxylation is 2. The van der Waals surface area contributed by atoms with Crippen molar-refractivity contribution >= 4 is 29.9 Å². The van der Waals surface area contributed by atoms with E-state index in [0.717, 1.165) is 29.8 Å². The Labute approximate surface area is 182 Å². The zero-order valence-corrected chi connectivity index (χ0v) is 18.3. The number of likely N-dealkylation sites (N-methyl/N-ethyl adjacent to an activating group) is 1. The van der Waals surface area contributed by atoms with Gasteiger partial charge in [-0.25, -0.2) is 4.39 Å². The summed E-state index contributed by atoms with van der Waals surface area (Å²) in [4.78, 5) is 32.1. The van der Waals surface area contributed by atoms with Gasteiger partial charge in [-0.15, -0.1) is 12.4 Å². The van der Waals surface area contributed by atoms with E-state index in [9.17, 15) is 14.0 Å². The number of amides is 2. The number of carbonyl (C=O) groups excluding carboxylic acids is 2. The van der Waals surface area contributed by atoms with Gasteiger partial charge >= 0.3 is 0 Å². The maximum atomic E-state index is 13.5. The summed E-state index contributed by atoms with van der Waals surface area (Å²) in [6.45, 7) is 7.10. The highest BCUT2D eigenvalue weighted by molar-refractivity contribution is 6.11. The summed E-state index contributed by atoms with van der Waals surface area (Å²) in [5.74, 6) is -0.436. The number of fused-ring (bicyclic) bond motifs is 1. The summed E-state index contributed by atoms with van der Waals surface area (Å²) in [6.07, 6.45) is 0.225. The SMILES string of the molecule is Cc1cc2c(cc1C)C(CC(=O)N1CCN(C)CC1)N(c1ccc(F)cc1)C2=O.Cl. The quantitative estimate of drug-likeness (QED) is 0.743. The molecule has 0 aromatic heterocycles. The van der Waals surface area contributed by atoms with E-state index in [4.69, 9.17) is 0 Å². The number of hydrogen-bond acceptors (Lipinski definition) is 3. The van der Waals surface area contributed by atoms with Crippen LogP contribution < -0.4 is 4.90 Å². The molecule has 2 amide bonds. The van der Waals surface area contributed by atoms with Crippen molar-refractivity contribution in [3.05, 3.63) is 64.5 Å². The van der Waals surface area contributed by atoms with Gasteiger partial charge in [-0.1, -0.05) is 6.07 Å². The standard InChI is InChI=1S/C23H26FN3O2.ClH/c1-15-12-19-20(13-16(15)2)23(29)27(18-6-4-17(24)5-7-18)21(19)14-22(28)26-10-8-25(3)9-11-26;/h4-7,12-13,21H,8-11,14H2,1-3H3;1H. The maximum absolute atomic E-state index is 13.5. The van der Waals surface area contributed by atoms with Crippen LogP contribution in [0.4, 0.5) is 10.1 Å². The van der Waals surface area contributed by atoms with Gasteiger partial charge in [-0.3, -0.25) is 9.59 Å². The van der Waals surface area contributed by atoms with Crippen LogP contribution in [0, 0.1) is 19.7 Å². The molecule has 160 valence electrons. The third kappa shape index (κ3) is 4.07. The number of hydrogen-bond donors (Lipinski definition) is 0. The maximum Gasteiger partial charge on any atom is 0.259 e. The number of anilines is 1. The van der Waals surface area contributed by atoms with Crippen molar-refractivity contribution in [2.24, 2.45) is 0 Å². The number of carbonyl (C=O) groups is 2. The topological polar surface area (TPSA) is 43.9 Å². The second-order valence-corrected chi connectivity index (χ2v) is 8.08. The number of nitrogens with zero attached hydrogens (tertiary/aromatic N) is 3. The van der Waals surface area contributed by atoms with Gasteiger partial charge in [0.25, 0.3) is 5.91 Å². The second kappa shape index (κ2) is 8.74. The number of piperazine rings is 1. The lowest BCUT2D eigenvalue weighted by Gasteiger charge is -2.34. The van der Waals surface area contributed by atoms with Crippen LogP contribution in [0.1, 0.15) is 39.5 Å². The minimum absolute atomic E-state index is 0. The molecule has 4 rings (SSSR count). The molecule has 0 saturated carbocycles. The van der Waals surface area contributed by atoms with Crippen LogP contribution in [0.2, 0.25) is 0 Å². The normalized spacial score (nSPS) is 18.9. The molecule has 2 aliphatic rings. The first-order valence-corrected chi connectivity index (χ1v) is 10.0. The number of benzene rings is 2. The van der Waals surface area contributed by atoms with Crippen molar-refractivity contribution < 1.29 is 14.0 Å². The molecule has 30 heavy (non-hydrogen) atoms. The average Bonchev–Trinajstić information content (AvgIpc) is 2.95. The fourth-order valence-electron chi connectivity index (χ4n) is 4.16. The summed E-state index contributed by atoms with van der Waals surface area (Å²) in [6, 6.07) is 9.45. The Kier molecular flexibility index (Phi) is 6.48. The first-order valence-electron chi connectivity index (χ1n) is 10.0. The van der Waals surface area contributed by atoms with E-state index in [1.54, 1.807) is 17.0 Å². The fourth-order valence-corrected chi connectivity index (χ4v) is 4.16. The van der Waals surface area contributed by atoms with Gasteiger partial charge in [-0.2, -0.15) is 0 Å². The molecule has 0 radical (unpaired) electrons. The molecule has 7 heteroatoms. The minimum Gasteiger partial charge on any atom is -0.340 e. The molecular formula is C23H27ClFN3O2. The molecule has 2 aliphatic heterocycles. The molecule has 2 heterocycles. The Balaban J connectivity index is 0.00000256. The van der Waals surface area contributed by atoms with Crippen LogP contribution in [0.25, 0.3) is 0 Å². The second-order valence-electron chi connectivity index (χ2n) is 8.08. The molecule has 0 spiro atoms. The highest BCUT2D eigenvalue weighted by atomic mass is 35.5. The van der Waals surface area contributed by atoms with Gasteiger partial charge in [0.2, 0.25) is 5.91 Å². The van der Waals surface area contributed by atoms with E-state index in [1.165, 1.54) is 12.1 Å². The van der Waals surface area contributed by atoms with Gasteiger partial charge in [0, 0.05) is 37.4 Å². The summed E-state index contributed by atoms with van der Waals surface area (Å²) >= 11 is 0. The smallest absolute Gasteiger partial charge is 0.259 e.